The van der Waals surface area contributed by atoms with E-state index in [0.717, 1.165) is 12.8 Å². The second kappa shape index (κ2) is 7.98. The molecule has 4 rings (SSSR count). The SMILES string of the molecule is O=C(NC1CCCCC1)c1cccc(C(=O)N2CCC3(CC2)OCCO3)c1. The van der Waals surface area contributed by atoms with Crippen molar-refractivity contribution in [3.05, 3.63) is 35.4 Å². The van der Waals surface area contributed by atoms with Crippen molar-refractivity contribution in [2.75, 3.05) is 26.3 Å². The maximum Gasteiger partial charge on any atom is 0.253 e. The van der Waals surface area contributed by atoms with Gasteiger partial charge in [0.05, 0.1) is 13.2 Å². The Morgan fingerprint density at radius 1 is 1.00 bits per heavy atom. The number of hydrogen-bond acceptors (Lipinski definition) is 4. The van der Waals surface area contributed by atoms with Crippen LogP contribution in [-0.4, -0.2) is 54.8 Å². The molecule has 1 N–H and O–H groups in total. The summed E-state index contributed by atoms with van der Waals surface area (Å²) in [5.74, 6) is -0.601. The van der Waals surface area contributed by atoms with Gasteiger partial charge in [0.2, 0.25) is 0 Å². The molecule has 1 aliphatic carbocycles. The van der Waals surface area contributed by atoms with Gasteiger partial charge in [0, 0.05) is 43.1 Å². The van der Waals surface area contributed by atoms with Gasteiger partial charge in [-0.25, -0.2) is 0 Å². The second-order valence-corrected chi connectivity index (χ2v) is 7.79. The van der Waals surface area contributed by atoms with Crippen LogP contribution in [-0.2, 0) is 9.47 Å². The molecule has 0 atom stereocenters. The van der Waals surface area contributed by atoms with E-state index in [1.165, 1.54) is 19.3 Å². The van der Waals surface area contributed by atoms with Crippen molar-refractivity contribution in [2.24, 2.45) is 0 Å². The normalized spacial score (nSPS) is 22.7. The standard InChI is InChI=1S/C21H28N2O4/c24-19(22-18-7-2-1-3-8-18)16-5-4-6-17(15-16)20(25)23-11-9-21(10-12-23)26-13-14-27-21/h4-6,15,18H,1-3,7-14H2,(H,22,24). The van der Waals surface area contributed by atoms with Gasteiger partial charge in [-0.1, -0.05) is 25.3 Å². The third-order valence-electron chi connectivity index (χ3n) is 5.94. The molecule has 27 heavy (non-hydrogen) atoms. The van der Waals surface area contributed by atoms with E-state index in [4.69, 9.17) is 9.47 Å². The molecular formula is C21H28N2O4. The number of amides is 2. The lowest BCUT2D eigenvalue weighted by Gasteiger charge is -2.37. The zero-order valence-electron chi connectivity index (χ0n) is 15.7. The number of carbonyl (C=O) groups excluding carboxylic acids is 2. The van der Waals surface area contributed by atoms with Crippen LogP contribution in [0.3, 0.4) is 0 Å². The quantitative estimate of drug-likeness (QED) is 0.886. The summed E-state index contributed by atoms with van der Waals surface area (Å²) in [6.07, 6.45) is 7.08. The molecule has 1 aromatic rings. The Bertz CT molecular complexity index is 683. The predicted molar refractivity (Wildman–Crippen MR) is 101 cm³/mol. The highest BCUT2D eigenvalue weighted by Crippen LogP contribution is 2.31. The van der Waals surface area contributed by atoms with Crippen LogP contribution in [0.25, 0.3) is 0 Å². The van der Waals surface area contributed by atoms with E-state index in [1.807, 2.05) is 4.90 Å². The monoisotopic (exact) mass is 372 g/mol. The van der Waals surface area contributed by atoms with Crippen molar-refractivity contribution in [1.29, 1.82) is 0 Å². The maximum absolute atomic E-state index is 12.9. The van der Waals surface area contributed by atoms with E-state index >= 15 is 0 Å². The Balaban J connectivity index is 1.38. The molecule has 2 saturated heterocycles. The predicted octanol–water partition coefficient (Wildman–Crippen LogP) is 2.73. The van der Waals surface area contributed by atoms with E-state index in [1.54, 1.807) is 24.3 Å². The van der Waals surface area contributed by atoms with Crippen molar-refractivity contribution < 1.29 is 19.1 Å². The van der Waals surface area contributed by atoms with Crippen LogP contribution in [0.15, 0.2) is 24.3 Å². The number of nitrogens with zero attached hydrogens (tertiary/aromatic N) is 1. The lowest BCUT2D eigenvalue weighted by molar-refractivity contribution is -0.181. The lowest BCUT2D eigenvalue weighted by atomic mass is 9.95. The molecule has 1 aromatic carbocycles. The smallest absolute Gasteiger partial charge is 0.253 e. The zero-order valence-corrected chi connectivity index (χ0v) is 15.7. The summed E-state index contributed by atoms with van der Waals surface area (Å²) in [5, 5.41) is 3.12. The largest absolute Gasteiger partial charge is 0.349 e. The molecule has 3 fully saturated rings. The number of carbonyl (C=O) groups is 2. The third kappa shape index (κ3) is 4.17. The van der Waals surface area contributed by atoms with Gasteiger partial charge in [0.15, 0.2) is 5.79 Å². The summed E-state index contributed by atoms with van der Waals surface area (Å²) < 4.78 is 11.4. The fraction of sp³-hybridized carbons (Fsp3) is 0.619. The molecule has 6 heteroatoms. The molecule has 146 valence electrons. The number of rotatable bonds is 3. The fourth-order valence-corrected chi connectivity index (χ4v) is 4.33. The summed E-state index contributed by atoms with van der Waals surface area (Å²) >= 11 is 0. The summed E-state index contributed by atoms with van der Waals surface area (Å²) in [7, 11) is 0. The Morgan fingerprint density at radius 3 is 2.37 bits per heavy atom. The van der Waals surface area contributed by atoms with Gasteiger partial charge < -0.3 is 19.7 Å². The van der Waals surface area contributed by atoms with Gasteiger partial charge in [-0.3, -0.25) is 9.59 Å². The third-order valence-corrected chi connectivity index (χ3v) is 5.94. The molecule has 0 bridgehead atoms. The molecule has 0 unspecified atom stereocenters. The summed E-state index contributed by atoms with van der Waals surface area (Å²) in [6.45, 7) is 2.48. The van der Waals surface area contributed by atoms with Crippen molar-refractivity contribution in [1.82, 2.24) is 10.2 Å². The number of ether oxygens (including phenoxy) is 2. The van der Waals surface area contributed by atoms with Crippen LogP contribution >= 0.6 is 0 Å². The Morgan fingerprint density at radius 2 is 1.67 bits per heavy atom. The van der Waals surface area contributed by atoms with E-state index in [2.05, 4.69) is 5.32 Å². The van der Waals surface area contributed by atoms with Crippen LogP contribution in [0.4, 0.5) is 0 Å². The first-order chi connectivity index (χ1) is 13.2. The first-order valence-electron chi connectivity index (χ1n) is 10.1. The molecule has 2 aliphatic heterocycles. The minimum atomic E-state index is -0.488. The minimum Gasteiger partial charge on any atom is -0.349 e. The highest BCUT2D eigenvalue weighted by Gasteiger charge is 2.40. The molecular weight excluding hydrogens is 344 g/mol. The van der Waals surface area contributed by atoms with Crippen LogP contribution in [0.2, 0.25) is 0 Å². The van der Waals surface area contributed by atoms with Crippen molar-refractivity contribution >= 4 is 11.8 Å². The van der Waals surface area contributed by atoms with Gasteiger partial charge in [-0.2, -0.15) is 0 Å². The van der Waals surface area contributed by atoms with E-state index < -0.39 is 5.79 Å². The van der Waals surface area contributed by atoms with Crippen LogP contribution in [0.5, 0.6) is 0 Å². The molecule has 1 saturated carbocycles. The van der Waals surface area contributed by atoms with E-state index in [-0.39, 0.29) is 17.9 Å². The highest BCUT2D eigenvalue weighted by atomic mass is 16.7. The number of nitrogens with one attached hydrogen (secondary N) is 1. The van der Waals surface area contributed by atoms with E-state index in [9.17, 15) is 9.59 Å². The van der Waals surface area contributed by atoms with Gasteiger partial charge in [-0.15, -0.1) is 0 Å². The molecule has 2 heterocycles. The molecule has 6 nitrogen and oxygen atoms in total. The Hall–Kier alpha value is -1.92. The highest BCUT2D eigenvalue weighted by molar-refractivity contribution is 5.99. The second-order valence-electron chi connectivity index (χ2n) is 7.79. The topological polar surface area (TPSA) is 67.9 Å². The molecule has 1 spiro atoms. The number of piperidine rings is 1. The lowest BCUT2D eigenvalue weighted by Crippen LogP contribution is -2.47. The van der Waals surface area contributed by atoms with Crippen LogP contribution in [0, 0.1) is 0 Å². The summed E-state index contributed by atoms with van der Waals surface area (Å²) in [4.78, 5) is 27.3. The average molecular weight is 372 g/mol. The van der Waals surface area contributed by atoms with Gasteiger partial charge >= 0.3 is 0 Å². The Kier molecular flexibility index (Phi) is 5.45. The maximum atomic E-state index is 12.9. The number of benzene rings is 1. The number of likely N-dealkylation sites (tertiary alicyclic amines) is 1. The number of hydrogen-bond donors (Lipinski definition) is 1. The Labute approximate surface area is 160 Å². The van der Waals surface area contributed by atoms with Crippen molar-refractivity contribution in [2.45, 2.75) is 56.8 Å². The van der Waals surface area contributed by atoms with Crippen molar-refractivity contribution in [3.63, 3.8) is 0 Å². The zero-order chi connectivity index (χ0) is 18.7. The van der Waals surface area contributed by atoms with Gasteiger partial charge in [0.1, 0.15) is 0 Å². The molecule has 3 aliphatic rings. The minimum absolute atomic E-state index is 0.0323. The first-order valence-corrected chi connectivity index (χ1v) is 10.1. The first kappa shape index (κ1) is 18.4. The molecule has 2 amide bonds. The summed E-state index contributed by atoms with van der Waals surface area (Å²) in [6, 6.07) is 7.33. The molecule has 0 aromatic heterocycles. The van der Waals surface area contributed by atoms with Gasteiger partial charge in [0.25, 0.3) is 11.8 Å². The van der Waals surface area contributed by atoms with Crippen LogP contribution in [0.1, 0.15) is 65.7 Å². The van der Waals surface area contributed by atoms with E-state index in [0.29, 0.717) is 50.3 Å². The molecule has 0 radical (unpaired) electrons. The average Bonchev–Trinajstić information content (AvgIpc) is 3.17. The van der Waals surface area contributed by atoms with Crippen LogP contribution < -0.4 is 5.32 Å². The van der Waals surface area contributed by atoms with Gasteiger partial charge in [-0.05, 0) is 31.0 Å². The van der Waals surface area contributed by atoms with Crippen molar-refractivity contribution in [3.8, 4) is 0 Å². The fourth-order valence-electron chi connectivity index (χ4n) is 4.33. The summed E-state index contributed by atoms with van der Waals surface area (Å²) in [5.41, 5.74) is 1.12.